The van der Waals surface area contributed by atoms with Crippen LogP contribution < -0.4 is 16.0 Å². The number of benzene rings is 2. The van der Waals surface area contributed by atoms with Gasteiger partial charge in [-0.1, -0.05) is 12.1 Å². The van der Waals surface area contributed by atoms with Crippen LogP contribution in [0.5, 0.6) is 0 Å². The van der Waals surface area contributed by atoms with Crippen molar-refractivity contribution in [1.29, 1.82) is 5.41 Å². The molecule has 1 aliphatic rings. The number of carbonyl (C=O) groups is 1. The summed E-state index contributed by atoms with van der Waals surface area (Å²) in [5.41, 5.74) is 6.60. The number of carbonyl (C=O) groups excluding carboxylic acids is 1. The van der Waals surface area contributed by atoms with E-state index >= 15 is 0 Å². The lowest BCUT2D eigenvalue weighted by molar-refractivity contribution is -0.137. The molecule has 31 heavy (non-hydrogen) atoms. The van der Waals surface area contributed by atoms with Crippen LogP contribution in [0.2, 0.25) is 0 Å². The molecule has 2 aromatic rings. The molecule has 0 atom stereocenters. The topological polar surface area (TPSA) is 94.6 Å². The monoisotopic (exact) mass is 431 g/mol. The van der Waals surface area contributed by atoms with E-state index in [1.807, 2.05) is 6.07 Å². The maximum atomic E-state index is 12.9. The molecule has 0 spiro atoms. The van der Waals surface area contributed by atoms with Crippen molar-refractivity contribution in [2.75, 3.05) is 23.7 Å². The third kappa shape index (κ3) is 5.62. The Kier molecular flexibility index (Phi) is 6.62. The highest BCUT2D eigenvalue weighted by atomic mass is 19.4. The number of piperidine rings is 1. The summed E-state index contributed by atoms with van der Waals surface area (Å²) in [6.45, 7) is 3.30. The Morgan fingerprint density at radius 1 is 1.13 bits per heavy atom. The van der Waals surface area contributed by atoms with E-state index in [4.69, 9.17) is 11.1 Å². The third-order valence-corrected chi connectivity index (χ3v) is 5.04. The van der Waals surface area contributed by atoms with Crippen LogP contribution in [0.3, 0.4) is 0 Å². The molecular formula is C22H24F3N5O. The molecule has 2 aromatic carbocycles. The minimum Gasteiger partial charge on any atom is -0.398 e. The molecule has 0 aromatic heterocycles. The summed E-state index contributed by atoms with van der Waals surface area (Å²) < 4.78 is 38.6. The lowest BCUT2D eigenvalue weighted by atomic mass is 10.1. The van der Waals surface area contributed by atoms with Gasteiger partial charge in [-0.05, 0) is 56.5 Å². The van der Waals surface area contributed by atoms with Gasteiger partial charge in [0.15, 0.2) is 5.84 Å². The number of hydrogen-bond donors (Lipinski definition) is 3. The number of amides is 1. The van der Waals surface area contributed by atoms with Crippen LogP contribution in [0.4, 0.5) is 24.5 Å². The molecule has 0 radical (unpaired) electrons. The SMILES string of the molecule is CC(=NC(=N)c1cccc(C(F)(F)F)c1)NC(=O)c1cc(N2CCCCC2)ccc1N. The Hall–Kier alpha value is -3.36. The van der Waals surface area contributed by atoms with E-state index in [2.05, 4.69) is 15.2 Å². The predicted octanol–water partition coefficient (Wildman–Crippen LogP) is 4.45. The molecule has 1 amide bonds. The first-order valence-corrected chi connectivity index (χ1v) is 9.92. The number of anilines is 2. The number of aliphatic imine (C=N–C) groups is 1. The van der Waals surface area contributed by atoms with E-state index < -0.39 is 17.6 Å². The van der Waals surface area contributed by atoms with Gasteiger partial charge in [-0.25, -0.2) is 4.99 Å². The molecule has 9 heteroatoms. The van der Waals surface area contributed by atoms with Crippen LogP contribution in [-0.2, 0) is 6.18 Å². The van der Waals surface area contributed by atoms with Crippen molar-refractivity contribution in [3.05, 3.63) is 59.2 Å². The fourth-order valence-corrected chi connectivity index (χ4v) is 3.42. The van der Waals surface area contributed by atoms with E-state index in [1.54, 1.807) is 12.1 Å². The van der Waals surface area contributed by atoms with Crippen molar-refractivity contribution in [3.8, 4) is 0 Å². The van der Waals surface area contributed by atoms with E-state index in [0.717, 1.165) is 43.8 Å². The molecule has 0 unspecified atom stereocenters. The fraction of sp³-hybridized carbons (Fsp3) is 0.318. The molecule has 164 valence electrons. The highest BCUT2D eigenvalue weighted by Crippen LogP contribution is 2.29. The van der Waals surface area contributed by atoms with Crippen molar-refractivity contribution in [3.63, 3.8) is 0 Å². The number of nitrogen functional groups attached to an aromatic ring is 1. The molecule has 1 heterocycles. The van der Waals surface area contributed by atoms with Gasteiger partial charge in [0.25, 0.3) is 5.91 Å². The summed E-state index contributed by atoms with van der Waals surface area (Å²) in [7, 11) is 0. The van der Waals surface area contributed by atoms with Crippen LogP contribution in [0.1, 0.15) is 47.7 Å². The van der Waals surface area contributed by atoms with Gasteiger partial charge in [0.2, 0.25) is 0 Å². The summed E-state index contributed by atoms with van der Waals surface area (Å²) in [4.78, 5) is 18.8. The minimum absolute atomic E-state index is 0.00460. The van der Waals surface area contributed by atoms with Crippen LogP contribution in [0.25, 0.3) is 0 Å². The molecule has 1 saturated heterocycles. The van der Waals surface area contributed by atoms with Gasteiger partial charge in [-0.15, -0.1) is 0 Å². The quantitative estimate of drug-likeness (QED) is 0.381. The molecule has 3 rings (SSSR count). The molecule has 1 aliphatic heterocycles. The number of hydrogen-bond acceptors (Lipinski definition) is 4. The Balaban J connectivity index is 1.74. The van der Waals surface area contributed by atoms with Crippen molar-refractivity contribution >= 4 is 29.0 Å². The second-order valence-corrected chi connectivity index (χ2v) is 7.40. The maximum Gasteiger partial charge on any atom is 0.416 e. The predicted molar refractivity (Wildman–Crippen MR) is 116 cm³/mol. The fourth-order valence-electron chi connectivity index (χ4n) is 3.42. The molecule has 0 aliphatic carbocycles. The van der Waals surface area contributed by atoms with Crippen molar-refractivity contribution in [1.82, 2.24) is 5.32 Å². The van der Waals surface area contributed by atoms with Crippen LogP contribution in [0, 0.1) is 5.41 Å². The van der Waals surface area contributed by atoms with Gasteiger partial charge in [-0.3, -0.25) is 10.2 Å². The maximum absolute atomic E-state index is 12.9. The molecule has 4 N–H and O–H groups in total. The van der Waals surface area contributed by atoms with E-state index in [1.165, 1.54) is 25.5 Å². The Morgan fingerprint density at radius 3 is 2.52 bits per heavy atom. The number of rotatable bonds is 3. The van der Waals surface area contributed by atoms with Gasteiger partial charge in [0.1, 0.15) is 5.84 Å². The zero-order chi connectivity index (χ0) is 22.6. The first-order valence-electron chi connectivity index (χ1n) is 9.92. The van der Waals surface area contributed by atoms with E-state index in [-0.39, 0.29) is 22.8 Å². The zero-order valence-electron chi connectivity index (χ0n) is 17.1. The number of nitrogens with two attached hydrogens (primary N) is 1. The number of alkyl halides is 3. The average Bonchev–Trinajstić information content (AvgIpc) is 2.74. The second kappa shape index (κ2) is 9.20. The summed E-state index contributed by atoms with van der Waals surface area (Å²) in [6, 6.07) is 9.62. The number of nitrogens with zero attached hydrogens (tertiary/aromatic N) is 2. The lowest BCUT2D eigenvalue weighted by Gasteiger charge is -2.29. The summed E-state index contributed by atoms with van der Waals surface area (Å²) in [6.07, 6.45) is -1.14. The van der Waals surface area contributed by atoms with Crippen molar-refractivity contribution < 1.29 is 18.0 Å². The highest BCUT2D eigenvalue weighted by molar-refractivity contribution is 6.12. The minimum atomic E-state index is -4.51. The van der Waals surface area contributed by atoms with E-state index in [0.29, 0.717) is 5.69 Å². The van der Waals surface area contributed by atoms with Gasteiger partial charge in [0.05, 0.1) is 11.1 Å². The normalized spacial score (nSPS) is 15.0. The molecular weight excluding hydrogens is 407 g/mol. The zero-order valence-corrected chi connectivity index (χ0v) is 17.1. The molecule has 0 bridgehead atoms. The summed E-state index contributed by atoms with van der Waals surface area (Å²) in [5.74, 6) is -0.802. The van der Waals surface area contributed by atoms with Gasteiger partial charge >= 0.3 is 6.18 Å². The third-order valence-electron chi connectivity index (χ3n) is 5.04. The van der Waals surface area contributed by atoms with Gasteiger partial charge < -0.3 is 16.0 Å². The van der Waals surface area contributed by atoms with E-state index in [9.17, 15) is 18.0 Å². The number of halogens is 3. The standard InChI is InChI=1S/C22H24F3N5O/c1-14(28-20(27)15-6-5-7-16(12-15)22(23,24)25)29-21(31)18-13-17(8-9-19(18)26)30-10-3-2-4-11-30/h5-9,12-13H,2-4,10-11,26H2,1H3,(H2,27,28,29,31). The molecule has 0 saturated carbocycles. The summed E-state index contributed by atoms with van der Waals surface area (Å²) in [5, 5.41) is 10.5. The van der Waals surface area contributed by atoms with Crippen molar-refractivity contribution in [2.24, 2.45) is 4.99 Å². The first-order chi connectivity index (χ1) is 14.6. The number of nitrogens with one attached hydrogen (secondary N) is 2. The van der Waals surface area contributed by atoms with Gasteiger partial charge in [0, 0.05) is 30.0 Å². The summed E-state index contributed by atoms with van der Waals surface area (Å²) >= 11 is 0. The smallest absolute Gasteiger partial charge is 0.398 e. The Bertz CT molecular complexity index is 1010. The Morgan fingerprint density at radius 2 is 1.84 bits per heavy atom. The molecule has 6 nitrogen and oxygen atoms in total. The Labute approximate surface area is 178 Å². The molecule has 1 fully saturated rings. The first kappa shape index (κ1) is 22.3. The highest BCUT2D eigenvalue weighted by Gasteiger charge is 2.30. The largest absolute Gasteiger partial charge is 0.416 e. The number of amidine groups is 2. The van der Waals surface area contributed by atoms with Crippen LogP contribution in [0.15, 0.2) is 47.5 Å². The van der Waals surface area contributed by atoms with Gasteiger partial charge in [-0.2, -0.15) is 13.2 Å². The van der Waals surface area contributed by atoms with Crippen molar-refractivity contribution in [2.45, 2.75) is 32.4 Å². The average molecular weight is 431 g/mol. The lowest BCUT2D eigenvalue weighted by Crippen LogP contribution is -2.31. The van der Waals surface area contributed by atoms with Crippen LogP contribution >= 0.6 is 0 Å². The second-order valence-electron chi connectivity index (χ2n) is 7.40. The van der Waals surface area contributed by atoms with Crippen LogP contribution in [-0.4, -0.2) is 30.7 Å².